The van der Waals surface area contributed by atoms with Crippen LogP contribution >= 0.6 is 0 Å². The third kappa shape index (κ3) is 3.75. The first-order valence-electron chi connectivity index (χ1n) is 8.75. The molecule has 1 aromatic rings. The van der Waals surface area contributed by atoms with Crippen molar-refractivity contribution in [3.05, 3.63) is 30.1 Å². The summed E-state index contributed by atoms with van der Waals surface area (Å²) in [7, 11) is 2.12. The summed E-state index contributed by atoms with van der Waals surface area (Å²) in [5.41, 5.74) is 0.886. The monoisotopic (exact) mass is 330 g/mol. The van der Waals surface area contributed by atoms with Crippen LogP contribution in [0.15, 0.2) is 24.4 Å². The van der Waals surface area contributed by atoms with Gasteiger partial charge in [-0.15, -0.1) is 0 Å². The first-order valence-corrected chi connectivity index (χ1v) is 8.75. The number of piperazine rings is 1. The van der Waals surface area contributed by atoms with Crippen LogP contribution in [0.5, 0.6) is 0 Å². The largest absolute Gasteiger partial charge is 0.356 e. The Labute approximate surface area is 143 Å². The molecule has 2 amide bonds. The Morgan fingerprint density at radius 1 is 1.33 bits per heavy atom. The molecule has 0 saturated carbocycles. The standard InChI is InChI=1S/C18H26N4O2/c1-21-12-13-22(14-18(21)8-7-16(23)20-11-9-18)17(24)6-5-15-4-2-3-10-19-15/h2-4,10H,5-9,11-14H2,1H3,(H,20,23)/t18-/m1/s1. The van der Waals surface area contributed by atoms with Crippen LogP contribution in [0.1, 0.15) is 31.4 Å². The SMILES string of the molecule is CN1CCN(C(=O)CCc2ccccn2)C[C@@]12CCNC(=O)CC2. The van der Waals surface area contributed by atoms with Crippen LogP contribution in [0.3, 0.4) is 0 Å². The number of aromatic nitrogens is 1. The Bertz CT molecular complexity index is 592. The lowest BCUT2D eigenvalue weighted by molar-refractivity contribution is -0.136. The molecule has 0 bridgehead atoms. The van der Waals surface area contributed by atoms with E-state index in [1.165, 1.54) is 0 Å². The number of amides is 2. The molecule has 6 nitrogen and oxygen atoms in total. The lowest BCUT2D eigenvalue weighted by Gasteiger charge is -2.49. The maximum Gasteiger partial charge on any atom is 0.223 e. The average Bonchev–Trinajstić information content (AvgIpc) is 2.79. The molecular formula is C18H26N4O2. The summed E-state index contributed by atoms with van der Waals surface area (Å²) < 4.78 is 0. The van der Waals surface area contributed by atoms with E-state index in [0.717, 1.165) is 38.2 Å². The van der Waals surface area contributed by atoms with Crippen molar-refractivity contribution in [1.29, 1.82) is 0 Å². The van der Waals surface area contributed by atoms with E-state index in [9.17, 15) is 9.59 Å². The highest BCUT2D eigenvalue weighted by Crippen LogP contribution is 2.30. The number of hydrogen-bond donors (Lipinski definition) is 1. The molecule has 24 heavy (non-hydrogen) atoms. The van der Waals surface area contributed by atoms with E-state index in [4.69, 9.17) is 0 Å². The van der Waals surface area contributed by atoms with Crippen LogP contribution in [-0.2, 0) is 16.0 Å². The van der Waals surface area contributed by atoms with E-state index >= 15 is 0 Å². The third-order valence-electron chi connectivity index (χ3n) is 5.40. The van der Waals surface area contributed by atoms with Crippen molar-refractivity contribution in [1.82, 2.24) is 20.1 Å². The zero-order chi connectivity index (χ0) is 17.0. The van der Waals surface area contributed by atoms with Gasteiger partial charge in [0.25, 0.3) is 0 Å². The molecule has 6 heteroatoms. The highest BCUT2D eigenvalue weighted by atomic mass is 16.2. The van der Waals surface area contributed by atoms with Crippen molar-refractivity contribution >= 4 is 11.8 Å². The highest BCUT2D eigenvalue weighted by molar-refractivity contribution is 5.77. The molecule has 1 aromatic heterocycles. The molecule has 1 spiro atoms. The molecule has 0 aliphatic carbocycles. The fourth-order valence-electron chi connectivity index (χ4n) is 3.75. The summed E-state index contributed by atoms with van der Waals surface area (Å²) in [5.74, 6) is 0.315. The predicted octanol–water partition coefficient (Wildman–Crippen LogP) is 0.827. The summed E-state index contributed by atoms with van der Waals surface area (Å²) in [5, 5.41) is 2.95. The topological polar surface area (TPSA) is 65.5 Å². The summed E-state index contributed by atoms with van der Waals surface area (Å²) in [4.78, 5) is 32.9. The van der Waals surface area contributed by atoms with Crippen molar-refractivity contribution in [2.75, 3.05) is 33.2 Å². The number of hydrogen-bond acceptors (Lipinski definition) is 4. The maximum absolute atomic E-state index is 12.7. The molecule has 3 heterocycles. The maximum atomic E-state index is 12.7. The number of nitrogens with zero attached hydrogens (tertiary/aromatic N) is 3. The van der Waals surface area contributed by atoms with E-state index in [0.29, 0.717) is 25.8 Å². The van der Waals surface area contributed by atoms with Gasteiger partial charge in [-0.25, -0.2) is 0 Å². The highest BCUT2D eigenvalue weighted by Gasteiger charge is 2.41. The van der Waals surface area contributed by atoms with Gasteiger partial charge < -0.3 is 10.2 Å². The Hall–Kier alpha value is -1.95. The Morgan fingerprint density at radius 3 is 3.00 bits per heavy atom. The fraction of sp³-hybridized carbons (Fsp3) is 0.611. The van der Waals surface area contributed by atoms with Gasteiger partial charge in [0.05, 0.1) is 0 Å². The quantitative estimate of drug-likeness (QED) is 0.891. The van der Waals surface area contributed by atoms with Crippen LogP contribution < -0.4 is 5.32 Å². The van der Waals surface area contributed by atoms with Crippen molar-refractivity contribution in [3.63, 3.8) is 0 Å². The molecule has 1 N–H and O–H groups in total. The van der Waals surface area contributed by atoms with Crippen LogP contribution in [0.2, 0.25) is 0 Å². The zero-order valence-electron chi connectivity index (χ0n) is 14.3. The minimum Gasteiger partial charge on any atom is -0.356 e. The Kier molecular flexibility index (Phi) is 5.14. The Morgan fingerprint density at radius 2 is 2.21 bits per heavy atom. The van der Waals surface area contributed by atoms with Crippen molar-refractivity contribution in [2.45, 2.75) is 37.6 Å². The summed E-state index contributed by atoms with van der Waals surface area (Å²) in [6.45, 7) is 3.04. The van der Waals surface area contributed by atoms with Gasteiger partial charge in [-0.2, -0.15) is 0 Å². The van der Waals surface area contributed by atoms with E-state index in [1.807, 2.05) is 23.1 Å². The van der Waals surface area contributed by atoms with E-state index in [2.05, 4.69) is 22.2 Å². The normalized spacial score (nSPS) is 25.4. The van der Waals surface area contributed by atoms with Gasteiger partial charge in [-0.05, 0) is 38.4 Å². The van der Waals surface area contributed by atoms with Crippen LogP contribution in [0.25, 0.3) is 0 Å². The molecule has 2 saturated heterocycles. The summed E-state index contributed by atoms with van der Waals surface area (Å²) in [6, 6.07) is 5.80. The van der Waals surface area contributed by atoms with Gasteiger partial charge in [0.1, 0.15) is 0 Å². The van der Waals surface area contributed by atoms with E-state index in [-0.39, 0.29) is 17.4 Å². The first-order chi connectivity index (χ1) is 11.6. The van der Waals surface area contributed by atoms with Crippen LogP contribution in [0.4, 0.5) is 0 Å². The second kappa shape index (κ2) is 7.30. The lowest BCUT2D eigenvalue weighted by Crippen LogP contribution is -2.62. The van der Waals surface area contributed by atoms with Crippen molar-refractivity contribution in [2.24, 2.45) is 0 Å². The number of carbonyl (C=O) groups is 2. The molecular weight excluding hydrogens is 304 g/mol. The van der Waals surface area contributed by atoms with Crippen molar-refractivity contribution < 1.29 is 9.59 Å². The molecule has 2 aliphatic rings. The number of nitrogens with one attached hydrogen (secondary N) is 1. The minimum atomic E-state index is -0.0714. The van der Waals surface area contributed by atoms with Gasteiger partial charge >= 0.3 is 0 Å². The van der Waals surface area contributed by atoms with Gasteiger partial charge in [0, 0.05) is 56.5 Å². The number of carbonyl (C=O) groups excluding carboxylic acids is 2. The summed E-state index contributed by atoms with van der Waals surface area (Å²) in [6.07, 6.45) is 5.20. The molecule has 1 atom stereocenters. The second-order valence-corrected chi connectivity index (χ2v) is 6.88. The lowest BCUT2D eigenvalue weighted by atomic mass is 9.86. The van der Waals surface area contributed by atoms with Gasteiger partial charge in [0.15, 0.2) is 0 Å². The number of likely N-dealkylation sites (N-methyl/N-ethyl adjacent to an activating group) is 1. The predicted molar refractivity (Wildman–Crippen MR) is 91.4 cm³/mol. The summed E-state index contributed by atoms with van der Waals surface area (Å²) >= 11 is 0. The molecule has 0 unspecified atom stereocenters. The molecule has 130 valence electrons. The van der Waals surface area contributed by atoms with Crippen LogP contribution in [0, 0.1) is 0 Å². The average molecular weight is 330 g/mol. The van der Waals surface area contributed by atoms with Gasteiger partial charge in [-0.3, -0.25) is 19.5 Å². The Balaban J connectivity index is 1.62. The van der Waals surface area contributed by atoms with Crippen molar-refractivity contribution in [3.8, 4) is 0 Å². The number of pyridine rings is 1. The number of rotatable bonds is 3. The molecule has 3 rings (SSSR count). The molecule has 0 aromatic carbocycles. The minimum absolute atomic E-state index is 0.0714. The molecule has 0 radical (unpaired) electrons. The molecule has 2 aliphatic heterocycles. The third-order valence-corrected chi connectivity index (χ3v) is 5.40. The van der Waals surface area contributed by atoms with Crippen LogP contribution in [-0.4, -0.2) is 65.4 Å². The van der Waals surface area contributed by atoms with Gasteiger partial charge in [0.2, 0.25) is 11.8 Å². The first kappa shape index (κ1) is 16.9. The number of aryl methyl sites for hydroxylation is 1. The fourth-order valence-corrected chi connectivity index (χ4v) is 3.75. The van der Waals surface area contributed by atoms with Gasteiger partial charge in [-0.1, -0.05) is 6.07 Å². The molecule has 2 fully saturated rings. The van der Waals surface area contributed by atoms with E-state index in [1.54, 1.807) is 6.20 Å². The second-order valence-electron chi connectivity index (χ2n) is 6.88. The zero-order valence-corrected chi connectivity index (χ0v) is 14.3. The smallest absolute Gasteiger partial charge is 0.223 e. The van der Waals surface area contributed by atoms with E-state index < -0.39 is 0 Å².